The second kappa shape index (κ2) is 5.37. The van der Waals surface area contributed by atoms with E-state index in [1.165, 1.54) is 6.07 Å². The number of amides is 1. The van der Waals surface area contributed by atoms with Crippen molar-refractivity contribution in [3.8, 4) is 5.75 Å². The number of benzene rings is 2. The Bertz CT molecular complexity index is 717. The van der Waals surface area contributed by atoms with Crippen molar-refractivity contribution >= 4 is 23.2 Å². The quantitative estimate of drug-likeness (QED) is 0.918. The van der Waals surface area contributed by atoms with Gasteiger partial charge in [-0.1, -0.05) is 17.7 Å². The minimum Gasteiger partial charge on any atom is -0.480 e. The molecule has 0 radical (unpaired) electrons. The average Bonchev–Trinajstić information content (AvgIpc) is 2.86. The molecule has 0 saturated carbocycles. The fraction of sp³-hybridized carbons (Fsp3) is 0.188. The van der Waals surface area contributed by atoms with Crippen molar-refractivity contribution in [3.63, 3.8) is 0 Å². The number of hydrogen-bond acceptors (Lipinski definition) is 2. The molecule has 5 heteroatoms. The second-order valence-corrected chi connectivity index (χ2v) is 5.47. The van der Waals surface area contributed by atoms with Gasteiger partial charge in [-0.25, -0.2) is 4.39 Å². The van der Waals surface area contributed by atoms with Gasteiger partial charge in [0, 0.05) is 11.4 Å². The number of nitrogens with one attached hydrogen (secondary N) is 1. The van der Waals surface area contributed by atoms with Gasteiger partial charge in [-0.15, -0.1) is 0 Å². The Hall–Kier alpha value is -2.07. The molecular weight excluding hydrogens is 293 g/mol. The van der Waals surface area contributed by atoms with Crippen LogP contribution in [0.4, 0.5) is 10.1 Å². The van der Waals surface area contributed by atoms with Crippen LogP contribution in [0.25, 0.3) is 0 Å². The van der Waals surface area contributed by atoms with E-state index in [1.807, 2.05) is 6.92 Å². The van der Waals surface area contributed by atoms with Crippen LogP contribution in [0, 0.1) is 12.7 Å². The highest BCUT2D eigenvalue weighted by molar-refractivity contribution is 6.30. The van der Waals surface area contributed by atoms with Gasteiger partial charge in [-0.05, 0) is 48.4 Å². The maximum absolute atomic E-state index is 13.7. The van der Waals surface area contributed by atoms with Crippen molar-refractivity contribution in [1.82, 2.24) is 0 Å². The molecule has 1 unspecified atom stereocenters. The van der Waals surface area contributed by atoms with Gasteiger partial charge in [0.15, 0.2) is 6.10 Å². The summed E-state index contributed by atoms with van der Waals surface area (Å²) in [5.41, 5.74) is 1.92. The highest BCUT2D eigenvalue weighted by Gasteiger charge is 2.29. The number of carbonyl (C=O) groups excluding carboxylic acids is 1. The maximum Gasteiger partial charge on any atom is 0.265 e. The normalized spacial score (nSPS) is 16.2. The summed E-state index contributed by atoms with van der Waals surface area (Å²) in [5.74, 6) is -0.191. The van der Waals surface area contributed by atoms with Gasteiger partial charge in [-0.3, -0.25) is 4.79 Å². The molecule has 3 nitrogen and oxygen atoms in total. The molecule has 2 aromatic carbocycles. The van der Waals surface area contributed by atoms with Crippen LogP contribution < -0.4 is 10.1 Å². The van der Waals surface area contributed by atoms with Crippen LogP contribution in [0.3, 0.4) is 0 Å². The van der Waals surface area contributed by atoms with Gasteiger partial charge in [0.05, 0.1) is 5.69 Å². The van der Waals surface area contributed by atoms with Gasteiger partial charge in [0.25, 0.3) is 5.91 Å². The molecule has 0 saturated heterocycles. The van der Waals surface area contributed by atoms with E-state index in [-0.39, 0.29) is 11.6 Å². The standard InChI is InChI=1S/C16H13ClFNO2/c1-9-2-4-12(18)13(6-9)19-16(20)15-8-10-7-11(17)3-5-14(10)21-15/h2-7,15H,8H2,1H3,(H,19,20). The zero-order valence-corrected chi connectivity index (χ0v) is 12.1. The lowest BCUT2D eigenvalue weighted by molar-refractivity contribution is -0.122. The van der Waals surface area contributed by atoms with Crippen molar-refractivity contribution in [2.24, 2.45) is 0 Å². The maximum atomic E-state index is 13.7. The highest BCUT2D eigenvalue weighted by atomic mass is 35.5. The van der Waals surface area contributed by atoms with Gasteiger partial charge < -0.3 is 10.1 Å². The van der Waals surface area contributed by atoms with Gasteiger partial charge in [0.2, 0.25) is 0 Å². The summed E-state index contributed by atoms with van der Waals surface area (Å²) < 4.78 is 19.2. The molecule has 1 atom stereocenters. The third-order valence-corrected chi connectivity index (χ3v) is 3.60. The van der Waals surface area contributed by atoms with Gasteiger partial charge in [-0.2, -0.15) is 0 Å². The van der Waals surface area contributed by atoms with E-state index in [9.17, 15) is 9.18 Å². The third-order valence-electron chi connectivity index (χ3n) is 3.37. The first-order chi connectivity index (χ1) is 10.0. The molecule has 3 rings (SSSR count). The van der Waals surface area contributed by atoms with Crippen LogP contribution in [-0.2, 0) is 11.2 Å². The van der Waals surface area contributed by atoms with Gasteiger partial charge in [0.1, 0.15) is 11.6 Å². The lowest BCUT2D eigenvalue weighted by Crippen LogP contribution is -2.31. The van der Waals surface area contributed by atoms with Crippen LogP contribution >= 0.6 is 11.6 Å². The average molecular weight is 306 g/mol. The second-order valence-electron chi connectivity index (χ2n) is 5.04. The highest BCUT2D eigenvalue weighted by Crippen LogP contribution is 2.31. The predicted molar refractivity (Wildman–Crippen MR) is 79.3 cm³/mol. The van der Waals surface area contributed by atoms with E-state index in [1.54, 1.807) is 30.3 Å². The van der Waals surface area contributed by atoms with Crippen LogP contribution in [0.2, 0.25) is 5.02 Å². The number of rotatable bonds is 2. The summed E-state index contributed by atoms with van der Waals surface area (Å²) in [6, 6.07) is 9.78. The van der Waals surface area contributed by atoms with Crippen LogP contribution in [0.5, 0.6) is 5.75 Å². The topological polar surface area (TPSA) is 38.3 Å². The van der Waals surface area contributed by atoms with Crippen LogP contribution in [0.1, 0.15) is 11.1 Å². The number of ether oxygens (including phenoxy) is 1. The monoisotopic (exact) mass is 305 g/mol. The molecule has 108 valence electrons. The molecule has 1 heterocycles. The number of halogens is 2. The van der Waals surface area contributed by atoms with Crippen molar-refractivity contribution in [2.45, 2.75) is 19.4 Å². The van der Waals surface area contributed by atoms with E-state index >= 15 is 0 Å². The molecule has 21 heavy (non-hydrogen) atoms. The summed E-state index contributed by atoms with van der Waals surface area (Å²) in [6.45, 7) is 1.83. The first-order valence-electron chi connectivity index (χ1n) is 6.55. The fourth-order valence-electron chi connectivity index (χ4n) is 2.31. The molecule has 1 amide bonds. The molecule has 0 fully saturated rings. The summed E-state index contributed by atoms with van der Waals surface area (Å²) in [5, 5.41) is 3.17. The Morgan fingerprint density at radius 3 is 2.95 bits per heavy atom. The number of hydrogen-bond donors (Lipinski definition) is 1. The Morgan fingerprint density at radius 2 is 2.14 bits per heavy atom. The first kappa shape index (κ1) is 13.9. The molecule has 0 spiro atoms. The SMILES string of the molecule is Cc1ccc(F)c(NC(=O)C2Cc3cc(Cl)ccc3O2)c1. The predicted octanol–water partition coefficient (Wildman–Crippen LogP) is 3.73. The molecule has 0 bridgehead atoms. The molecule has 1 aliphatic heterocycles. The zero-order chi connectivity index (χ0) is 15.0. The summed E-state index contributed by atoms with van der Waals surface area (Å²) in [6.07, 6.45) is -0.242. The molecule has 1 aliphatic rings. The summed E-state index contributed by atoms with van der Waals surface area (Å²) in [7, 11) is 0. The van der Waals surface area contributed by atoms with E-state index in [4.69, 9.17) is 16.3 Å². The van der Waals surface area contributed by atoms with E-state index in [2.05, 4.69) is 5.32 Å². The molecule has 2 aromatic rings. The molecule has 0 aliphatic carbocycles. The minimum absolute atomic E-state index is 0.164. The van der Waals surface area contributed by atoms with Crippen molar-refractivity contribution < 1.29 is 13.9 Å². The van der Waals surface area contributed by atoms with E-state index < -0.39 is 11.9 Å². The smallest absolute Gasteiger partial charge is 0.265 e. The summed E-state index contributed by atoms with van der Waals surface area (Å²) >= 11 is 5.91. The Labute approximate surface area is 126 Å². The van der Waals surface area contributed by atoms with Crippen molar-refractivity contribution in [1.29, 1.82) is 0 Å². The first-order valence-corrected chi connectivity index (χ1v) is 6.93. The number of aryl methyl sites for hydroxylation is 1. The molecule has 0 aromatic heterocycles. The largest absolute Gasteiger partial charge is 0.480 e. The summed E-state index contributed by atoms with van der Waals surface area (Å²) in [4.78, 5) is 12.2. The lowest BCUT2D eigenvalue weighted by Gasteiger charge is -2.12. The molecule has 1 N–H and O–H groups in total. The molecular formula is C16H13ClFNO2. The van der Waals surface area contributed by atoms with Crippen LogP contribution in [-0.4, -0.2) is 12.0 Å². The third kappa shape index (κ3) is 2.85. The minimum atomic E-state index is -0.668. The van der Waals surface area contributed by atoms with Crippen molar-refractivity contribution in [2.75, 3.05) is 5.32 Å². The van der Waals surface area contributed by atoms with Crippen molar-refractivity contribution in [3.05, 3.63) is 58.4 Å². The number of fused-ring (bicyclic) bond motifs is 1. The Morgan fingerprint density at radius 1 is 1.33 bits per heavy atom. The zero-order valence-electron chi connectivity index (χ0n) is 11.3. The Kier molecular flexibility index (Phi) is 3.55. The van der Waals surface area contributed by atoms with E-state index in [0.717, 1.165) is 11.1 Å². The van der Waals surface area contributed by atoms with E-state index in [0.29, 0.717) is 17.2 Å². The number of carbonyl (C=O) groups is 1. The fourth-order valence-corrected chi connectivity index (χ4v) is 2.51. The Balaban J connectivity index is 1.74. The lowest BCUT2D eigenvalue weighted by atomic mass is 10.1. The number of anilines is 1. The van der Waals surface area contributed by atoms with Crippen LogP contribution in [0.15, 0.2) is 36.4 Å². The van der Waals surface area contributed by atoms with Gasteiger partial charge >= 0.3 is 0 Å².